The average molecular weight is 331 g/mol. The number of hydrogen-bond acceptors (Lipinski definition) is 5. The van der Waals surface area contributed by atoms with Crippen LogP contribution in [0.3, 0.4) is 0 Å². The molecule has 2 heterocycles. The minimum Gasteiger partial charge on any atom is -0.486 e. The Hall–Kier alpha value is -2.05. The number of hydrogen-bond donors (Lipinski definition) is 0. The fraction of sp³-hybridized carbons (Fsp3) is 0.294. The van der Waals surface area contributed by atoms with E-state index in [0.717, 1.165) is 19.6 Å². The van der Waals surface area contributed by atoms with Crippen LogP contribution in [-0.2, 0) is 9.84 Å². The van der Waals surface area contributed by atoms with Crippen molar-refractivity contribution in [1.82, 2.24) is 4.90 Å². The first kappa shape index (κ1) is 14.5. The van der Waals surface area contributed by atoms with Crippen LogP contribution in [0.2, 0.25) is 0 Å². The summed E-state index contributed by atoms with van der Waals surface area (Å²) in [5, 5.41) is 0. The number of nitrogens with zero attached hydrogens (tertiary/aromatic N) is 1. The summed E-state index contributed by atoms with van der Waals surface area (Å²) < 4.78 is 37.0. The lowest BCUT2D eigenvalue weighted by atomic mass is 10.2. The quantitative estimate of drug-likeness (QED) is 0.802. The summed E-state index contributed by atoms with van der Waals surface area (Å²) >= 11 is 0. The molecule has 0 aromatic heterocycles. The molecule has 120 valence electrons. The van der Waals surface area contributed by atoms with E-state index < -0.39 is 9.84 Å². The van der Waals surface area contributed by atoms with Crippen molar-refractivity contribution in [3.63, 3.8) is 0 Å². The Balaban J connectivity index is 1.64. The summed E-state index contributed by atoms with van der Waals surface area (Å²) in [4.78, 5) is 2.75. The third-order valence-corrected chi connectivity index (χ3v) is 5.77. The SMILES string of the molecule is O=S(=O)(c1ccccc1)c1ccc2c(c1)OC(CN1CC1)CO2. The predicted octanol–water partition coefficient (Wildman–Crippen LogP) is 1.97. The highest BCUT2D eigenvalue weighted by atomic mass is 32.2. The maximum atomic E-state index is 12.7. The van der Waals surface area contributed by atoms with Crippen molar-refractivity contribution in [3.8, 4) is 11.5 Å². The molecule has 2 aliphatic rings. The maximum Gasteiger partial charge on any atom is 0.206 e. The van der Waals surface area contributed by atoms with E-state index in [9.17, 15) is 8.42 Å². The highest BCUT2D eigenvalue weighted by molar-refractivity contribution is 7.91. The van der Waals surface area contributed by atoms with Gasteiger partial charge in [-0.05, 0) is 24.3 Å². The van der Waals surface area contributed by atoms with Gasteiger partial charge in [0, 0.05) is 25.7 Å². The first-order valence-corrected chi connectivity index (χ1v) is 9.07. The van der Waals surface area contributed by atoms with Crippen LogP contribution >= 0.6 is 0 Å². The largest absolute Gasteiger partial charge is 0.486 e. The van der Waals surface area contributed by atoms with Gasteiger partial charge >= 0.3 is 0 Å². The van der Waals surface area contributed by atoms with E-state index >= 15 is 0 Å². The second kappa shape index (κ2) is 5.54. The fourth-order valence-corrected chi connectivity index (χ4v) is 3.93. The molecule has 0 saturated carbocycles. The monoisotopic (exact) mass is 331 g/mol. The van der Waals surface area contributed by atoms with Gasteiger partial charge in [-0.25, -0.2) is 8.42 Å². The number of sulfone groups is 1. The summed E-state index contributed by atoms with van der Waals surface area (Å²) in [7, 11) is -3.55. The summed E-state index contributed by atoms with van der Waals surface area (Å²) in [6, 6.07) is 13.2. The van der Waals surface area contributed by atoms with Crippen molar-refractivity contribution in [2.75, 3.05) is 26.2 Å². The molecule has 0 spiro atoms. The van der Waals surface area contributed by atoms with Gasteiger partial charge in [0.15, 0.2) is 11.5 Å². The van der Waals surface area contributed by atoms with Crippen LogP contribution in [0.4, 0.5) is 0 Å². The van der Waals surface area contributed by atoms with Crippen LogP contribution in [0, 0.1) is 0 Å². The molecule has 1 saturated heterocycles. The smallest absolute Gasteiger partial charge is 0.206 e. The second-order valence-electron chi connectivity index (χ2n) is 5.78. The Morgan fingerprint density at radius 1 is 1.00 bits per heavy atom. The Bertz CT molecular complexity index is 816. The molecule has 2 aromatic carbocycles. The first-order valence-electron chi connectivity index (χ1n) is 7.59. The molecule has 0 amide bonds. The van der Waals surface area contributed by atoms with Crippen molar-refractivity contribution in [2.24, 2.45) is 0 Å². The zero-order chi connectivity index (χ0) is 15.9. The Labute approximate surface area is 135 Å². The number of rotatable bonds is 4. The molecule has 2 aromatic rings. The molecule has 1 unspecified atom stereocenters. The van der Waals surface area contributed by atoms with Gasteiger partial charge in [-0.15, -0.1) is 0 Å². The molecule has 2 aliphatic heterocycles. The van der Waals surface area contributed by atoms with Gasteiger partial charge < -0.3 is 9.47 Å². The Morgan fingerprint density at radius 3 is 2.52 bits per heavy atom. The van der Waals surface area contributed by atoms with E-state index in [-0.39, 0.29) is 15.9 Å². The predicted molar refractivity (Wildman–Crippen MR) is 84.7 cm³/mol. The van der Waals surface area contributed by atoms with E-state index in [1.165, 1.54) is 0 Å². The minimum absolute atomic E-state index is 0.0559. The summed E-state index contributed by atoms with van der Waals surface area (Å²) in [6.07, 6.45) is -0.0559. The molecular formula is C17H17NO4S. The summed E-state index contributed by atoms with van der Waals surface area (Å²) in [6.45, 7) is 3.49. The third kappa shape index (κ3) is 2.92. The van der Waals surface area contributed by atoms with E-state index in [0.29, 0.717) is 18.1 Å². The van der Waals surface area contributed by atoms with Crippen LogP contribution < -0.4 is 9.47 Å². The van der Waals surface area contributed by atoms with Crippen LogP contribution in [0.5, 0.6) is 11.5 Å². The van der Waals surface area contributed by atoms with E-state index in [2.05, 4.69) is 4.90 Å². The number of fused-ring (bicyclic) bond motifs is 1. The summed E-state index contributed by atoms with van der Waals surface area (Å²) in [5.74, 6) is 1.10. The first-order chi connectivity index (χ1) is 11.1. The van der Waals surface area contributed by atoms with Gasteiger partial charge in [0.25, 0.3) is 0 Å². The van der Waals surface area contributed by atoms with Crippen LogP contribution in [0.15, 0.2) is 58.3 Å². The average Bonchev–Trinajstić information content (AvgIpc) is 3.39. The highest BCUT2D eigenvalue weighted by Crippen LogP contribution is 2.35. The molecule has 0 bridgehead atoms. The van der Waals surface area contributed by atoms with Crippen LogP contribution in [0.25, 0.3) is 0 Å². The topological polar surface area (TPSA) is 55.6 Å². The minimum atomic E-state index is -3.55. The molecular weight excluding hydrogens is 314 g/mol. The lowest BCUT2D eigenvalue weighted by Crippen LogP contribution is -2.35. The normalized spacial score (nSPS) is 20.3. The van der Waals surface area contributed by atoms with Gasteiger partial charge in [0.2, 0.25) is 9.84 Å². The van der Waals surface area contributed by atoms with Crippen molar-refractivity contribution in [3.05, 3.63) is 48.5 Å². The van der Waals surface area contributed by atoms with E-state index in [1.54, 1.807) is 48.5 Å². The van der Waals surface area contributed by atoms with Crippen molar-refractivity contribution in [2.45, 2.75) is 15.9 Å². The molecule has 1 fully saturated rings. The Morgan fingerprint density at radius 2 is 1.78 bits per heavy atom. The maximum absolute atomic E-state index is 12.7. The van der Waals surface area contributed by atoms with Crippen LogP contribution in [-0.4, -0.2) is 45.7 Å². The van der Waals surface area contributed by atoms with Crippen molar-refractivity contribution in [1.29, 1.82) is 0 Å². The number of benzene rings is 2. The Kier molecular flexibility index (Phi) is 3.50. The lowest BCUT2D eigenvalue weighted by Gasteiger charge is -2.27. The lowest BCUT2D eigenvalue weighted by molar-refractivity contribution is 0.0800. The molecule has 0 aliphatic carbocycles. The molecule has 0 N–H and O–H groups in total. The molecule has 1 atom stereocenters. The number of ether oxygens (including phenoxy) is 2. The van der Waals surface area contributed by atoms with Gasteiger partial charge in [-0.1, -0.05) is 18.2 Å². The van der Waals surface area contributed by atoms with Crippen molar-refractivity contribution < 1.29 is 17.9 Å². The highest BCUT2D eigenvalue weighted by Gasteiger charge is 2.28. The van der Waals surface area contributed by atoms with E-state index in [4.69, 9.17) is 9.47 Å². The zero-order valence-corrected chi connectivity index (χ0v) is 13.3. The fourth-order valence-electron chi connectivity index (χ4n) is 2.63. The van der Waals surface area contributed by atoms with Gasteiger partial charge in [0.05, 0.1) is 9.79 Å². The zero-order valence-electron chi connectivity index (χ0n) is 12.5. The summed E-state index contributed by atoms with van der Waals surface area (Å²) in [5.41, 5.74) is 0. The molecule has 5 nitrogen and oxygen atoms in total. The molecule has 4 rings (SSSR count). The van der Waals surface area contributed by atoms with Gasteiger partial charge in [-0.2, -0.15) is 0 Å². The molecule has 0 radical (unpaired) electrons. The van der Waals surface area contributed by atoms with E-state index in [1.807, 2.05) is 0 Å². The molecule has 23 heavy (non-hydrogen) atoms. The molecule has 6 heteroatoms. The van der Waals surface area contributed by atoms with Crippen molar-refractivity contribution >= 4 is 9.84 Å². The van der Waals surface area contributed by atoms with Crippen LogP contribution in [0.1, 0.15) is 0 Å². The third-order valence-electron chi connectivity index (χ3n) is 4.00. The standard InChI is InChI=1S/C17H17NO4S/c19-23(20,14-4-2-1-3-5-14)15-6-7-16-17(10-15)22-13(12-21-16)11-18-8-9-18/h1-7,10,13H,8-9,11-12H2. The van der Waals surface area contributed by atoms with Gasteiger partial charge in [0.1, 0.15) is 12.7 Å². The second-order valence-corrected chi connectivity index (χ2v) is 7.73. The van der Waals surface area contributed by atoms with Gasteiger partial charge in [-0.3, -0.25) is 4.90 Å².